The Morgan fingerprint density at radius 3 is 2.31 bits per heavy atom. The van der Waals surface area contributed by atoms with Gasteiger partial charge in [-0.3, -0.25) is 14.4 Å². The lowest BCUT2D eigenvalue weighted by Crippen LogP contribution is -2.51. The highest BCUT2D eigenvalue weighted by Gasteiger charge is 2.49. The van der Waals surface area contributed by atoms with E-state index in [-0.39, 0.29) is 29.3 Å². The van der Waals surface area contributed by atoms with Gasteiger partial charge >= 0.3 is 5.97 Å². The molecule has 232 valence electrons. The molecule has 1 aliphatic heterocycles. The molecule has 1 spiro atoms. The van der Waals surface area contributed by atoms with E-state index in [0.29, 0.717) is 12.0 Å². The minimum atomic E-state index is -0.829. The van der Waals surface area contributed by atoms with Crippen molar-refractivity contribution in [3.63, 3.8) is 0 Å². The summed E-state index contributed by atoms with van der Waals surface area (Å²) >= 11 is 0. The number of carboxylic acids is 1. The molecule has 1 aromatic carbocycles. The summed E-state index contributed by atoms with van der Waals surface area (Å²) in [6, 6.07) is 3.47. The van der Waals surface area contributed by atoms with Crippen molar-refractivity contribution < 1.29 is 18.7 Å². The second kappa shape index (κ2) is 11.6. The van der Waals surface area contributed by atoms with Crippen LogP contribution in [0.2, 0.25) is 0 Å². The summed E-state index contributed by atoms with van der Waals surface area (Å²) in [5, 5.41) is 15.1. The van der Waals surface area contributed by atoms with Crippen LogP contribution in [0.5, 0.6) is 0 Å². The Labute approximate surface area is 250 Å². The molecule has 3 aliphatic rings. The van der Waals surface area contributed by atoms with E-state index in [1.54, 1.807) is 0 Å². The van der Waals surface area contributed by atoms with Crippen molar-refractivity contribution in [2.75, 3.05) is 20.1 Å². The first-order valence-electron chi connectivity index (χ1n) is 16.0. The van der Waals surface area contributed by atoms with Crippen molar-refractivity contribution >= 4 is 5.97 Å². The van der Waals surface area contributed by atoms with Crippen LogP contribution in [-0.4, -0.2) is 68.9 Å². The Bertz CT molecular complexity index is 1270. The predicted octanol–water partition coefficient (Wildman–Crippen LogP) is 6.41. The van der Waals surface area contributed by atoms with E-state index >= 15 is 0 Å². The molecule has 0 radical (unpaired) electrons. The highest BCUT2D eigenvalue weighted by Crippen LogP contribution is 2.50. The number of halogens is 2. The standard InChI is InChI=1S/C34H50F2N4O2/c1-8-29-26-10-11-34(30(26)40(9-2)37-29)12-14-39(15-13-34)21(3)27-19-25(38(7)31(32(41)42)33(4,5)6)20-28(27)22-16-23(35)18-24(36)17-22/h16-18,21,25,27-28,31H,8-15,19-20H2,1-7H3,(H,41,42)/t21?,25-,27+,28+,31-/m0/s1. The largest absolute Gasteiger partial charge is 0.480 e. The van der Waals surface area contributed by atoms with Crippen LogP contribution in [0, 0.1) is 23.0 Å². The SMILES string of the molecule is CCc1nn(CC)c2c1CCC21CCN(C(C)[C@H]2C[C@H](N(C)[C@@H](C(=O)O)C(C)(C)C)C[C@@H]2c2cc(F)cc(F)c2)CC1. The first-order chi connectivity index (χ1) is 19.8. The molecule has 1 saturated heterocycles. The maximum atomic E-state index is 14.4. The molecule has 1 N–H and O–H groups in total. The topological polar surface area (TPSA) is 61.6 Å². The van der Waals surface area contributed by atoms with Gasteiger partial charge in [0, 0.05) is 35.8 Å². The van der Waals surface area contributed by atoms with Crippen molar-refractivity contribution in [3.8, 4) is 0 Å². The molecule has 5 atom stereocenters. The zero-order valence-electron chi connectivity index (χ0n) is 26.6. The van der Waals surface area contributed by atoms with E-state index in [0.717, 1.165) is 57.8 Å². The molecule has 2 fully saturated rings. The smallest absolute Gasteiger partial charge is 0.321 e. The molecule has 0 amide bonds. The molecule has 2 heterocycles. The number of hydrogen-bond acceptors (Lipinski definition) is 4. The molecule has 1 saturated carbocycles. The number of fused-ring (bicyclic) bond motifs is 2. The molecular formula is C34H50F2N4O2. The predicted molar refractivity (Wildman–Crippen MR) is 162 cm³/mol. The van der Waals surface area contributed by atoms with Gasteiger partial charge in [0.25, 0.3) is 0 Å². The summed E-state index contributed by atoms with van der Waals surface area (Å²) < 4.78 is 31.2. The minimum absolute atomic E-state index is 0.00833. The highest BCUT2D eigenvalue weighted by molar-refractivity contribution is 5.74. The average Bonchev–Trinajstić information content (AvgIpc) is 3.61. The normalized spacial score (nSPS) is 25.7. The second-order valence-corrected chi connectivity index (χ2v) is 14.4. The Morgan fingerprint density at radius 2 is 1.76 bits per heavy atom. The summed E-state index contributed by atoms with van der Waals surface area (Å²) in [6.07, 6.45) is 6.97. The van der Waals surface area contributed by atoms with Crippen molar-refractivity contribution in [1.82, 2.24) is 19.6 Å². The maximum absolute atomic E-state index is 14.4. The Hall–Kier alpha value is -2.32. The molecule has 5 rings (SSSR count). The highest BCUT2D eigenvalue weighted by atomic mass is 19.1. The number of hydrogen-bond donors (Lipinski definition) is 1. The first-order valence-corrected chi connectivity index (χ1v) is 16.0. The number of nitrogens with zero attached hydrogens (tertiary/aromatic N) is 4. The van der Waals surface area contributed by atoms with Crippen molar-refractivity contribution in [1.29, 1.82) is 0 Å². The van der Waals surface area contributed by atoms with Gasteiger partial charge in [0.05, 0.1) is 5.69 Å². The summed E-state index contributed by atoms with van der Waals surface area (Å²) in [6.45, 7) is 15.4. The summed E-state index contributed by atoms with van der Waals surface area (Å²) in [5.74, 6) is -1.82. The zero-order chi connectivity index (χ0) is 30.6. The number of aliphatic carboxylic acids is 1. The Kier molecular flexibility index (Phi) is 8.63. The van der Waals surface area contributed by atoms with Gasteiger partial charge in [0.2, 0.25) is 0 Å². The number of aryl methyl sites for hydroxylation is 2. The van der Waals surface area contributed by atoms with Gasteiger partial charge in [0.15, 0.2) is 0 Å². The van der Waals surface area contributed by atoms with E-state index in [4.69, 9.17) is 5.10 Å². The molecular weight excluding hydrogens is 534 g/mol. The first kappa shape index (κ1) is 31.1. The van der Waals surface area contributed by atoms with Gasteiger partial charge in [-0.05, 0) is 119 Å². The molecule has 1 unspecified atom stereocenters. The Morgan fingerprint density at radius 1 is 1.12 bits per heavy atom. The third-order valence-electron chi connectivity index (χ3n) is 11.0. The number of rotatable bonds is 8. The van der Waals surface area contributed by atoms with Crippen molar-refractivity contribution in [2.45, 2.75) is 122 Å². The van der Waals surface area contributed by atoms with Gasteiger partial charge in [-0.1, -0.05) is 27.7 Å². The number of likely N-dealkylation sites (N-methyl/N-ethyl adjacent to an activating group) is 1. The number of carbonyl (C=O) groups is 1. The second-order valence-electron chi connectivity index (χ2n) is 14.4. The fraction of sp³-hybridized carbons (Fsp3) is 0.706. The van der Waals surface area contributed by atoms with Crippen LogP contribution in [0.1, 0.15) is 102 Å². The molecule has 2 aromatic rings. The molecule has 8 heteroatoms. The summed E-state index contributed by atoms with van der Waals surface area (Å²) in [5.41, 5.74) is 4.66. The maximum Gasteiger partial charge on any atom is 0.321 e. The van der Waals surface area contributed by atoms with Gasteiger partial charge in [-0.2, -0.15) is 5.10 Å². The summed E-state index contributed by atoms with van der Waals surface area (Å²) in [7, 11) is 1.91. The van der Waals surface area contributed by atoms with Gasteiger partial charge in [0.1, 0.15) is 17.7 Å². The molecule has 42 heavy (non-hydrogen) atoms. The fourth-order valence-electron chi connectivity index (χ4n) is 8.96. The van der Waals surface area contributed by atoms with E-state index in [1.807, 2.05) is 32.7 Å². The van der Waals surface area contributed by atoms with Crippen LogP contribution in [0.25, 0.3) is 0 Å². The van der Waals surface area contributed by atoms with E-state index in [9.17, 15) is 18.7 Å². The molecule has 2 aliphatic carbocycles. The van der Waals surface area contributed by atoms with Crippen LogP contribution in [-0.2, 0) is 29.6 Å². The third-order valence-corrected chi connectivity index (χ3v) is 11.0. The third kappa shape index (κ3) is 5.54. The lowest BCUT2D eigenvalue weighted by Gasteiger charge is -2.45. The van der Waals surface area contributed by atoms with Crippen LogP contribution >= 0.6 is 0 Å². The molecule has 1 aromatic heterocycles. The minimum Gasteiger partial charge on any atom is -0.480 e. The fourth-order valence-corrected chi connectivity index (χ4v) is 8.96. The lowest BCUT2D eigenvalue weighted by atomic mass is 9.75. The molecule has 0 bridgehead atoms. The van der Waals surface area contributed by atoms with Crippen LogP contribution in [0.15, 0.2) is 18.2 Å². The van der Waals surface area contributed by atoms with E-state index in [2.05, 4.69) is 30.4 Å². The number of carboxylic acid groups (broad SMARTS) is 1. The van der Waals surface area contributed by atoms with Crippen molar-refractivity contribution in [2.24, 2.45) is 11.3 Å². The van der Waals surface area contributed by atoms with Gasteiger partial charge < -0.3 is 10.0 Å². The van der Waals surface area contributed by atoms with Gasteiger partial charge in [-0.25, -0.2) is 8.78 Å². The molecule has 6 nitrogen and oxygen atoms in total. The number of likely N-dealkylation sites (tertiary alicyclic amines) is 1. The van der Waals surface area contributed by atoms with Crippen LogP contribution in [0.3, 0.4) is 0 Å². The van der Waals surface area contributed by atoms with Crippen molar-refractivity contribution in [3.05, 3.63) is 52.3 Å². The average molecular weight is 585 g/mol. The van der Waals surface area contributed by atoms with Crippen LogP contribution in [0.4, 0.5) is 8.78 Å². The van der Waals surface area contributed by atoms with Crippen LogP contribution < -0.4 is 0 Å². The Balaban J connectivity index is 1.39. The lowest BCUT2D eigenvalue weighted by molar-refractivity contribution is -0.148. The monoisotopic (exact) mass is 584 g/mol. The zero-order valence-corrected chi connectivity index (χ0v) is 26.6. The number of aromatic nitrogens is 2. The van der Waals surface area contributed by atoms with Gasteiger partial charge in [-0.15, -0.1) is 0 Å². The summed E-state index contributed by atoms with van der Waals surface area (Å²) in [4.78, 5) is 17.0. The number of benzene rings is 1. The van der Waals surface area contributed by atoms with E-state index in [1.165, 1.54) is 35.5 Å². The van der Waals surface area contributed by atoms with E-state index < -0.39 is 29.1 Å². The quantitative estimate of drug-likeness (QED) is 0.389. The number of piperidine rings is 1.